The van der Waals surface area contributed by atoms with Crippen molar-refractivity contribution in [3.8, 4) is 0 Å². The lowest BCUT2D eigenvalue weighted by Crippen LogP contribution is -2.56. The van der Waals surface area contributed by atoms with E-state index in [1.54, 1.807) is 4.90 Å². The third-order valence-corrected chi connectivity index (χ3v) is 9.03. The number of aryl methyl sites for hydroxylation is 2. The highest BCUT2D eigenvalue weighted by molar-refractivity contribution is 5.90. The summed E-state index contributed by atoms with van der Waals surface area (Å²) < 4.78 is 5.42. The zero-order valence-corrected chi connectivity index (χ0v) is 20.8. The number of ether oxygens (including phenoxy) is 1. The molecule has 5 aliphatic rings. The molecule has 2 atom stereocenters. The summed E-state index contributed by atoms with van der Waals surface area (Å²) >= 11 is 0. The summed E-state index contributed by atoms with van der Waals surface area (Å²) in [7, 11) is 0. The molecule has 1 aliphatic heterocycles. The Morgan fingerprint density at radius 2 is 1.71 bits per heavy atom. The van der Waals surface area contributed by atoms with Crippen LogP contribution in [0.5, 0.6) is 0 Å². The molecule has 5 fully saturated rings. The molecule has 1 N–H and O–H groups in total. The van der Waals surface area contributed by atoms with E-state index in [1.807, 2.05) is 26.0 Å². The molecule has 0 radical (unpaired) electrons. The van der Waals surface area contributed by atoms with Crippen LogP contribution in [-0.2, 0) is 19.1 Å². The smallest absolute Gasteiger partial charge is 0.329 e. The van der Waals surface area contributed by atoms with E-state index in [4.69, 9.17) is 4.74 Å². The van der Waals surface area contributed by atoms with Crippen LogP contribution in [0.25, 0.3) is 0 Å². The molecule has 2 unspecified atom stereocenters. The highest BCUT2D eigenvalue weighted by atomic mass is 16.5. The van der Waals surface area contributed by atoms with Crippen molar-refractivity contribution in [2.75, 3.05) is 13.2 Å². The van der Waals surface area contributed by atoms with Crippen molar-refractivity contribution in [1.82, 2.24) is 10.2 Å². The van der Waals surface area contributed by atoms with E-state index in [1.165, 1.54) is 30.4 Å². The average molecular weight is 467 g/mol. The van der Waals surface area contributed by atoms with E-state index in [-0.39, 0.29) is 29.9 Å². The Morgan fingerprint density at radius 1 is 1.06 bits per heavy atom. The molecule has 1 aromatic carbocycles. The van der Waals surface area contributed by atoms with E-state index >= 15 is 0 Å². The normalized spacial score (nSPS) is 32.5. The fourth-order valence-corrected chi connectivity index (χ4v) is 7.57. The molecule has 2 amide bonds. The summed E-state index contributed by atoms with van der Waals surface area (Å²) in [5.41, 5.74) is 3.15. The lowest BCUT2D eigenvalue weighted by atomic mass is 9.49. The first kappa shape index (κ1) is 23.4. The monoisotopic (exact) mass is 466 g/mol. The van der Waals surface area contributed by atoms with Crippen molar-refractivity contribution in [2.45, 2.75) is 84.2 Å². The van der Waals surface area contributed by atoms with Crippen LogP contribution in [0.4, 0.5) is 0 Å². The van der Waals surface area contributed by atoms with Gasteiger partial charge >= 0.3 is 5.97 Å². The second-order valence-corrected chi connectivity index (χ2v) is 11.6. The van der Waals surface area contributed by atoms with Gasteiger partial charge in [0.15, 0.2) is 6.61 Å². The number of amides is 2. The zero-order chi connectivity index (χ0) is 24.0. The Morgan fingerprint density at radius 3 is 2.32 bits per heavy atom. The number of carbonyl (C=O) groups excluding carboxylic acids is 3. The molecule has 6 heteroatoms. The van der Waals surface area contributed by atoms with Crippen LogP contribution in [0, 0.1) is 37.0 Å². The van der Waals surface area contributed by atoms with E-state index in [0.717, 1.165) is 31.2 Å². The first-order valence-electron chi connectivity index (χ1n) is 13.1. The van der Waals surface area contributed by atoms with Crippen LogP contribution < -0.4 is 5.32 Å². The third-order valence-electron chi connectivity index (χ3n) is 9.03. The minimum absolute atomic E-state index is 0.175. The average Bonchev–Trinajstić information content (AvgIpc) is 3.27. The predicted octanol–water partition coefficient (Wildman–Crippen LogP) is 4.23. The first-order chi connectivity index (χ1) is 16.2. The molecule has 1 saturated heterocycles. The highest BCUT2D eigenvalue weighted by Crippen LogP contribution is 2.60. The molecule has 6 rings (SSSR count). The Hall–Kier alpha value is -2.37. The number of benzene rings is 1. The van der Waals surface area contributed by atoms with E-state index < -0.39 is 12.0 Å². The van der Waals surface area contributed by atoms with E-state index in [0.29, 0.717) is 30.7 Å². The summed E-state index contributed by atoms with van der Waals surface area (Å²) in [5, 5.41) is 2.92. The molecule has 6 nitrogen and oxygen atoms in total. The van der Waals surface area contributed by atoms with Gasteiger partial charge in [0, 0.05) is 6.54 Å². The van der Waals surface area contributed by atoms with Gasteiger partial charge in [0.25, 0.3) is 5.91 Å². The maximum absolute atomic E-state index is 13.7. The number of nitrogens with zero attached hydrogens (tertiary/aromatic N) is 1. The fourth-order valence-electron chi connectivity index (χ4n) is 7.57. The molecule has 34 heavy (non-hydrogen) atoms. The van der Waals surface area contributed by atoms with E-state index in [2.05, 4.69) is 18.3 Å². The lowest BCUT2D eigenvalue weighted by molar-refractivity contribution is -0.166. The van der Waals surface area contributed by atoms with Gasteiger partial charge in [0.1, 0.15) is 6.04 Å². The van der Waals surface area contributed by atoms with Gasteiger partial charge in [-0.3, -0.25) is 9.59 Å². The molecule has 0 spiro atoms. The van der Waals surface area contributed by atoms with Gasteiger partial charge in [-0.1, -0.05) is 18.2 Å². The molecule has 1 aromatic rings. The molecule has 4 aliphatic carbocycles. The standard InChI is InChI=1S/C28H38N2O4/c1-17-6-7-23(9-18(17)2)19(3)29-25(31)16-34-26(32)24-5-4-8-30(24)27(33)28-13-20-10-21(14-28)12-22(11-20)15-28/h6-7,9,19-22,24H,4-5,8,10-16H2,1-3H3,(H,29,31). The Balaban J connectivity index is 1.16. The number of carbonyl (C=O) groups is 3. The van der Waals surface area contributed by atoms with Crippen molar-refractivity contribution >= 4 is 17.8 Å². The number of likely N-dealkylation sites (tertiary alicyclic amines) is 1. The van der Waals surface area contributed by atoms with Crippen molar-refractivity contribution < 1.29 is 19.1 Å². The molecule has 4 bridgehead atoms. The minimum Gasteiger partial charge on any atom is -0.454 e. The van der Waals surface area contributed by atoms with Crippen LogP contribution in [0.1, 0.15) is 81.0 Å². The van der Waals surface area contributed by atoms with Crippen LogP contribution in [0.15, 0.2) is 18.2 Å². The quantitative estimate of drug-likeness (QED) is 0.637. The second kappa shape index (κ2) is 9.01. The van der Waals surface area contributed by atoms with Gasteiger partial charge in [0.2, 0.25) is 5.91 Å². The number of hydrogen-bond acceptors (Lipinski definition) is 4. The van der Waals surface area contributed by atoms with Gasteiger partial charge < -0.3 is 15.0 Å². The predicted molar refractivity (Wildman–Crippen MR) is 129 cm³/mol. The zero-order valence-electron chi connectivity index (χ0n) is 20.8. The number of nitrogens with one attached hydrogen (secondary N) is 1. The van der Waals surface area contributed by atoms with Crippen LogP contribution in [-0.4, -0.2) is 41.9 Å². The Bertz CT molecular complexity index is 951. The lowest BCUT2D eigenvalue weighted by Gasteiger charge is -2.56. The summed E-state index contributed by atoms with van der Waals surface area (Å²) in [5.74, 6) is 1.48. The third kappa shape index (κ3) is 4.36. The van der Waals surface area contributed by atoms with Crippen LogP contribution >= 0.6 is 0 Å². The molecule has 184 valence electrons. The topological polar surface area (TPSA) is 75.7 Å². The molecule has 0 aromatic heterocycles. The minimum atomic E-state index is -0.550. The Labute approximate surface area is 202 Å². The van der Waals surface area contributed by atoms with Gasteiger partial charge in [0.05, 0.1) is 11.5 Å². The number of esters is 1. The highest BCUT2D eigenvalue weighted by Gasteiger charge is 2.57. The van der Waals surface area contributed by atoms with E-state index in [9.17, 15) is 14.4 Å². The SMILES string of the molecule is Cc1ccc(C(C)NC(=O)COC(=O)C2CCCN2C(=O)C23CC4CC(CC(C4)C2)C3)cc1C. The molecule has 1 heterocycles. The van der Waals surface area contributed by atoms with Crippen LogP contribution in [0.3, 0.4) is 0 Å². The summed E-state index contributed by atoms with van der Waals surface area (Å²) in [6, 6.07) is 5.39. The second-order valence-electron chi connectivity index (χ2n) is 11.6. The number of hydrogen-bond donors (Lipinski definition) is 1. The van der Waals surface area contributed by atoms with Gasteiger partial charge in [-0.05, 0) is 107 Å². The first-order valence-corrected chi connectivity index (χ1v) is 13.1. The van der Waals surface area contributed by atoms with Crippen molar-refractivity contribution in [3.63, 3.8) is 0 Å². The molecular weight excluding hydrogens is 428 g/mol. The van der Waals surface area contributed by atoms with Crippen molar-refractivity contribution in [1.29, 1.82) is 0 Å². The van der Waals surface area contributed by atoms with Crippen molar-refractivity contribution in [3.05, 3.63) is 34.9 Å². The van der Waals surface area contributed by atoms with Gasteiger partial charge in [-0.2, -0.15) is 0 Å². The molecule has 4 saturated carbocycles. The Kier molecular flexibility index (Phi) is 6.19. The summed E-state index contributed by atoms with van der Waals surface area (Å²) in [6.07, 6.45) is 8.28. The maximum atomic E-state index is 13.7. The summed E-state index contributed by atoms with van der Waals surface area (Å²) in [6.45, 7) is 6.34. The largest absolute Gasteiger partial charge is 0.454 e. The van der Waals surface area contributed by atoms with Crippen LogP contribution in [0.2, 0.25) is 0 Å². The maximum Gasteiger partial charge on any atom is 0.329 e. The number of rotatable bonds is 6. The fraction of sp³-hybridized carbons (Fsp3) is 0.679. The van der Waals surface area contributed by atoms with Crippen molar-refractivity contribution in [2.24, 2.45) is 23.2 Å². The molecular formula is C28H38N2O4. The van der Waals surface area contributed by atoms with Gasteiger partial charge in [-0.25, -0.2) is 4.79 Å². The van der Waals surface area contributed by atoms with Gasteiger partial charge in [-0.15, -0.1) is 0 Å². The summed E-state index contributed by atoms with van der Waals surface area (Å²) in [4.78, 5) is 40.9.